The van der Waals surface area contributed by atoms with Crippen LogP contribution in [0, 0.1) is 24.0 Å². The molecule has 0 amide bonds. The van der Waals surface area contributed by atoms with Gasteiger partial charge in [0.2, 0.25) is 0 Å². The number of aryl methyl sites for hydroxylation is 2. The summed E-state index contributed by atoms with van der Waals surface area (Å²) >= 11 is 0. The Morgan fingerprint density at radius 2 is 1.89 bits per heavy atom. The number of hydrogen-bond acceptors (Lipinski definition) is 5. The van der Waals surface area contributed by atoms with Gasteiger partial charge in [-0.1, -0.05) is 12.1 Å². The maximum atomic E-state index is 10.5. The van der Waals surface area contributed by atoms with Crippen LogP contribution in [0.1, 0.15) is 17.0 Å². The van der Waals surface area contributed by atoms with Crippen LogP contribution in [0.3, 0.4) is 0 Å². The molecule has 0 bridgehead atoms. The third-order valence-electron chi connectivity index (χ3n) is 2.81. The first-order valence-electron chi connectivity index (χ1n) is 5.83. The quantitative estimate of drug-likeness (QED) is 0.673. The Bertz CT molecular complexity index is 596. The monoisotopic (exact) mass is 258 g/mol. The third-order valence-corrected chi connectivity index (χ3v) is 2.81. The highest BCUT2D eigenvalue weighted by molar-refractivity contribution is 5.37. The Hall–Kier alpha value is -2.50. The lowest BCUT2D eigenvalue weighted by Gasteiger charge is -2.07. The number of nitrogens with one attached hydrogen (secondary N) is 1. The minimum atomic E-state index is -0.411. The summed E-state index contributed by atoms with van der Waals surface area (Å²) in [6.07, 6.45) is 1.67. The molecule has 1 heterocycles. The van der Waals surface area contributed by atoms with E-state index in [2.05, 4.69) is 15.3 Å². The normalized spacial score (nSPS) is 10.2. The van der Waals surface area contributed by atoms with Crippen LogP contribution in [0.2, 0.25) is 0 Å². The van der Waals surface area contributed by atoms with Gasteiger partial charge in [-0.3, -0.25) is 15.1 Å². The summed E-state index contributed by atoms with van der Waals surface area (Å²) < 4.78 is 0. The van der Waals surface area contributed by atoms with Gasteiger partial charge >= 0.3 is 0 Å². The number of nitro benzene ring substituents is 1. The molecule has 0 spiro atoms. The highest BCUT2D eigenvalue weighted by atomic mass is 16.6. The molecule has 0 aliphatic carbocycles. The van der Waals surface area contributed by atoms with Crippen LogP contribution in [0.25, 0.3) is 0 Å². The lowest BCUT2D eigenvalue weighted by Crippen LogP contribution is -2.04. The van der Waals surface area contributed by atoms with Crippen molar-refractivity contribution in [2.75, 3.05) is 5.32 Å². The van der Waals surface area contributed by atoms with E-state index in [4.69, 9.17) is 0 Å². The molecular weight excluding hydrogens is 244 g/mol. The van der Waals surface area contributed by atoms with E-state index in [1.165, 1.54) is 12.1 Å². The fourth-order valence-electron chi connectivity index (χ4n) is 1.56. The van der Waals surface area contributed by atoms with Crippen molar-refractivity contribution in [3.05, 3.63) is 57.5 Å². The van der Waals surface area contributed by atoms with E-state index in [1.54, 1.807) is 18.3 Å². The van der Waals surface area contributed by atoms with Gasteiger partial charge in [0.15, 0.2) is 0 Å². The molecule has 1 aromatic heterocycles. The topological polar surface area (TPSA) is 81.0 Å². The van der Waals surface area contributed by atoms with E-state index >= 15 is 0 Å². The molecule has 0 saturated carbocycles. The third kappa shape index (κ3) is 3.25. The molecule has 0 saturated heterocycles. The predicted molar refractivity (Wildman–Crippen MR) is 71.9 cm³/mol. The van der Waals surface area contributed by atoms with Crippen LogP contribution in [0.15, 0.2) is 30.5 Å². The number of non-ortho nitro benzene ring substituents is 1. The molecule has 2 rings (SSSR count). The highest BCUT2D eigenvalue weighted by Crippen LogP contribution is 2.13. The van der Waals surface area contributed by atoms with E-state index < -0.39 is 4.92 Å². The standard InChI is InChI=1S/C13H14N4O2/c1-9-10(2)16-13(8-14-9)15-7-11-3-5-12(6-4-11)17(18)19/h3-6,8H,7H2,1-2H3,(H,15,16). The fourth-order valence-corrected chi connectivity index (χ4v) is 1.56. The summed E-state index contributed by atoms with van der Waals surface area (Å²) in [5, 5.41) is 13.7. The van der Waals surface area contributed by atoms with E-state index in [9.17, 15) is 10.1 Å². The van der Waals surface area contributed by atoms with Gasteiger partial charge in [-0.2, -0.15) is 0 Å². The largest absolute Gasteiger partial charge is 0.365 e. The van der Waals surface area contributed by atoms with Gasteiger partial charge in [0, 0.05) is 18.7 Å². The SMILES string of the molecule is Cc1ncc(NCc2ccc([N+](=O)[O-])cc2)nc1C. The van der Waals surface area contributed by atoms with Crippen LogP contribution >= 0.6 is 0 Å². The van der Waals surface area contributed by atoms with E-state index in [-0.39, 0.29) is 5.69 Å². The van der Waals surface area contributed by atoms with E-state index in [0.29, 0.717) is 12.4 Å². The van der Waals surface area contributed by atoms with Crippen molar-refractivity contribution in [2.45, 2.75) is 20.4 Å². The first-order valence-corrected chi connectivity index (χ1v) is 5.83. The van der Waals surface area contributed by atoms with Crippen molar-refractivity contribution >= 4 is 11.5 Å². The Kier molecular flexibility index (Phi) is 3.70. The highest BCUT2D eigenvalue weighted by Gasteiger charge is 2.04. The summed E-state index contributed by atoms with van der Waals surface area (Å²) in [4.78, 5) is 18.7. The second kappa shape index (κ2) is 5.43. The van der Waals surface area contributed by atoms with Crippen LogP contribution in [0.5, 0.6) is 0 Å². The molecule has 19 heavy (non-hydrogen) atoms. The van der Waals surface area contributed by atoms with Gasteiger partial charge < -0.3 is 5.32 Å². The molecule has 6 nitrogen and oxygen atoms in total. The molecule has 0 atom stereocenters. The number of nitrogens with zero attached hydrogens (tertiary/aromatic N) is 3. The molecule has 1 aromatic carbocycles. The van der Waals surface area contributed by atoms with Crippen LogP contribution in [-0.2, 0) is 6.54 Å². The van der Waals surface area contributed by atoms with Crippen LogP contribution in [-0.4, -0.2) is 14.9 Å². The van der Waals surface area contributed by atoms with Crippen LogP contribution in [0.4, 0.5) is 11.5 Å². The van der Waals surface area contributed by atoms with E-state index in [0.717, 1.165) is 17.0 Å². The molecule has 1 N–H and O–H groups in total. The second-order valence-corrected chi connectivity index (χ2v) is 4.20. The van der Waals surface area contributed by atoms with Crippen molar-refractivity contribution in [3.8, 4) is 0 Å². The minimum absolute atomic E-state index is 0.0923. The van der Waals surface area contributed by atoms with Gasteiger partial charge in [0.05, 0.1) is 22.5 Å². The lowest BCUT2D eigenvalue weighted by atomic mass is 10.2. The Morgan fingerprint density at radius 3 is 2.47 bits per heavy atom. The molecular formula is C13H14N4O2. The van der Waals surface area contributed by atoms with Crippen molar-refractivity contribution in [3.63, 3.8) is 0 Å². The van der Waals surface area contributed by atoms with Crippen molar-refractivity contribution in [1.29, 1.82) is 0 Å². The predicted octanol–water partition coefficient (Wildman–Crippen LogP) is 2.61. The average molecular weight is 258 g/mol. The van der Waals surface area contributed by atoms with Gasteiger partial charge in [-0.05, 0) is 19.4 Å². The zero-order valence-electron chi connectivity index (χ0n) is 10.8. The number of anilines is 1. The number of rotatable bonds is 4. The second-order valence-electron chi connectivity index (χ2n) is 4.20. The number of hydrogen-bond donors (Lipinski definition) is 1. The molecule has 0 unspecified atom stereocenters. The zero-order valence-corrected chi connectivity index (χ0v) is 10.8. The molecule has 98 valence electrons. The summed E-state index contributed by atoms with van der Waals surface area (Å²) in [6, 6.07) is 6.42. The first kappa shape index (κ1) is 12.9. The minimum Gasteiger partial charge on any atom is -0.365 e. The van der Waals surface area contributed by atoms with Crippen molar-refractivity contribution < 1.29 is 4.92 Å². The number of benzene rings is 1. The fraction of sp³-hybridized carbons (Fsp3) is 0.231. The molecule has 6 heteroatoms. The summed E-state index contributed by atoms with van der Waals surface area (Å²) in [5.41, 5.74) is 2.83. The van der Waals surface area contributed by atoms with Gasteiger partial charge in [0.25, 0.3) is 5.69 Å². The van der Waals surface area contributed by atoms with Gasteiger partial charge in [-0.25, -0.2) is 4.98 Å². The Labute approximate surface area is 110 Å². The summed E-state index contributed by atoms with van der Waals surface area (Å²) in [7, 11) is 0. The lowest BCUT2D eigenvalue weighted by molar-refractivity contribution is -0.384. The smallest absolute Gasteiger partial charge is 0.269 e. The first-order chi connectivity index (χ1) is 9.06. The van der Waals surface area contributed by atoms with E-state index in [1.807, 2.05) is 13.8 Å². The average Bonchev–Trinajstić information content (AvgIpc) is 2.40. The van der Waals surface area contributed by atoms with Crippen LogP contribution < -0.4 is 5.32 Å². The Morgan fingerprint density at radius 1 is 1.21 bits per heavy atom. The molecule has 0 fully saturated rings. The molecule has 0 aliphatic heterocycles. The maximum Gasteiger partial charge on any atom is 0.269 e. The maximum absolute atomic E-state index is 10.5. The molecule has 2 aromatic rings. The molecule has 0 aliphatic rings. The number of aromatic nitrogens is 2. The summed E-state index contributed by atoms with van der Waals surface area (Å²) in [6.45, 7) is 4.36. The number of nitro groups is 1. The van der Waals surface area contributed by atoms with Gasteiger partial charge in [-0.15, -0.1) is 0 Å². The van der Waals surface area contributed by atoms with Crippen molar-refractivity contribution in [2.24, 2.45) is 0 Å². The van der Waals surface area contributed by atoms with Crippen molar-refractivity contribution in [1.82, 2.24) is 9.97 Å². The van der Waals surface area contributed by atoms with Gasteiger partial charge in [0.1, 0.15) is 5.82 Å². The molecule has 0 radical (unpaired) electrons. The zero-order chi connectivity index (χ0) is 13.8. The Balaban J connectivity index is 2.01. The summed E-state index contributed by atoms with van der Waals surface area (Å²) in [5.74, 6) is 0.696.